The lowest BCUT2D eigenvalue weighted by Gasteiger charge is -2.05. The molecule has 0 saturated heterocycles. The Bertz CT molecular complexity index is 804. The molecule has 0 amide bonds. The van der Waals surface area contributed by atoms with Crippen LogP contribution in [-0.4, -0.2) is 17.2 Å². The first-order valence-electron chi connectivity index (χ1n) is 6.58. The summed E-state index contributed by atoms with van der Waals surface area (Å²) in [5.74, 6) is -0.105. The summed E-state index contributed by atoms with van der Waals surface area (Å²) in [5, 5.41) is 0.998. The number of nitrogens with one attached hydrogen (secondary N) is 1. The SMILES string of the molecule is O=Cc1ccccc1OC(=O)Cc1c[nH]c2ccccc12. The first-order chi connectivity index (χ1) is 10.3. The van der Waals surface area contributed by atoms with E-state index in [1.165, 1.54) is 0 Å². The van der Waals surface area contributed by atoms with Crippen LogP contribution in [0.4, 0.5) is 0 Å². The minimum Gasteiger partial charge on any atom is -0.426 e. The van der Waals surface area contributed by atoms with E-state index in [0.29, 0.717) is 11.8 Å². The zero-order valence-electron chi connectivity index (χ0n) is 11.2. The molecule has 0 aliphatic heterocycles. The van der Waals surface area contributed by atoms with E-state index in [1.807, 2.05) is 24.3 Å². The number of H-pyrrole nitrogens is 1. The molecule has 3 aromatic rings. The monoisotopic (exact) mass is 279 g/mol. The molecule has 2 aromatic carbocycles. The summed E-state index contributed by atoms with van der Waals surface area (Å²) in [6.07, 6.45) is 2.63. The maximum atomic E-state index is 12.0. The standard InChI is InChI=1S/C17H13NO3/c19-11-12-5-1-4-8-16(12)21-17(20)9-13-10-18-15-7-3-2-6-14(13)15/h1-8,10-11,18H,9H2. The van der Waals surface area contributed by atoms with Crippen LogP contribution in [-0.2, 0) is 11.2 Å². The van der Waals surface area contributed by atoms with Crippen LogP contribution >= 0.6 is 0 Å². The van der Waals surface area contributed by atoms with Gasteiger partial charge in [-0.2, -0.15) is 0 Å². The number of esters is 1. The summed E-state index contributed by atoms with van der Waals surface area (Å²) in [5.41, 5.74) is 2.22. The van der Waals surface area contributed by atoms with Crippen molar-refractivity contribution in [1.29, 1.82) is 0 Å². The number of aromatic amines is 1. The quantitative estimate of drug-likeness (QED) is 0.453. The molecule has 3 rings (SSSR count). The van der Waals surface area contributed by atoms with E-state index in [4.69, 9.17) is 4.74 Å². The molecule has 0 unspecified atom stereocenters. The van der Waals surface area contributed by atoms with Crippen LogP contribution in [0.15, 0.2) is 54.7 Å². The topological polar surface area (TPSA) is 59.2 Å². The molecule has 0 fully saturated rings. The second kappa shape index (κ2) is 5.63. The molecule has 0 saturated carbocycles. The minimum atomic E-state index is -0.394. The third kappa shape index (κ3) is 2.69. The zero-order chi connectivity index (χ0) is 14.7. The Balaban J connectivity index is 1.79. The molecular weight excluding hydrogens is 266 g/mol. The van der Waals surface area contributed by atoms with Gasteiger partial charge in [-0.25, -0.2) is 0 Å². The smallest absolute Gasteiger partial charge is 0.315 e. The van der Waals surface area contributed by atoms with Crippen molar-refractivity contribution in [3.05, 3.63) is 65.9 Å². The second-order valence-electron chi connectivity index (χ2n) is 4.67. The lowest BCUT2D eigenvalue weighted by atomic mass is 10.1. The highest BCUT2D eigenvalue weighted by molar-refractivity contribution is 5.88. The Hall–Kier alpha value is -2.88. The number of benzene rings is 2. The molecule has 4 nitrogen and oxygen atoms in total. The molecule has 1 aromatic heterocycles. The first kappa shape index (κ1) is 13.1. The number of para-hydroxylation sites is 2. The van der Waals surface area contributed by atoms with Gasteiger partial charge < -0.3 is 9.72 Å². The van der Waals surface area contributed by atoms with E-state index < -0.39 is 5.97 Å². The van der Waals surface area contributed by atoms with Crippen molar-refractivity contribution in [2.75, 3.05) is 0 Å². The van der Waals surface area contributed by atoms with Crippen LogP contribution in [0, 0.1) is 0 Å². The van der Waals surface area contributed by atoms with Gasteiger partial charge in [-0.3, -0.25) is 9.59 Å². The van der Waals surface area contributed by atoms with Crippen molar-refractivity contribution in [3.8, 4) is 5.75 Å². The first-order valence-corrected chi connectivity index (χ1v) is 6.58. The number of carbonyl (C=O) groups excluding carboxylic acids is 2. The van der Waals surface area contributed by atoms with Gasteiger partial charge >= 0.3 is 5.97 Å². The zero-order valence-corrected chi connectivity index (χ0v) is 11.2. The fraction of sp³-hybridized carbons (Fsp3) is 0.0588. The van der Waals surface area contributed by atoms with Crippen molar-refractivity contribution >= 4 is 23.2 Å². The summed E-state index contributed by atoms with van der Waals surface area (Å²) in [7, 11) is 0. The number of carbonyl (C=O) groups is 2. The Morgan fingerprint density at radius 2 is 1.86 bits per heavy atom. The van der Waals surface area contributed by atoms with Crippen LogP contribution in [0.5, 0.6) is 5.75 Å². The highest BCUT2D eigenvalue weighted by atomic mass is 16.5. The lowest BCUT2D eigenvalue weighted by Crippen LogP contribution is -2.12. The van der Waals surface area contributed by atoms with Gasteiger partial charge in [0.2, 0.25) is 0 Å². The van der Waals surface area contributed by atoms with Crippen molar-refractivity contribution in [3.63, 3.8) is 0 Å². The largest absolute Gasteiger partial charge is 0.426 e. The number of ether oxygens (including phenoxy) is 1. The van der Waals surface area contributed by atoms with Crippen LogP contribution in [0.2, 0.25) is 0 Å². The van der Waals surface area contributed by atoms with Crippen LogP contribution in [0.1, 0.15) is 15.9 Å². The molecule has 0 atom stereocenters. The maximum absolute atomic E-state index is 12.0. The fourth-order valence-corrected chi connectivity index (χ4v) is 2.26. The molecule has 0 bridgehead atoms. The minimum absolute atomic E-state index is 0.150. The molecule has 0 radical (unpaired) electrons. The van der Waals surface area contributed by atoms with Crippen molar-refractivity contribution < 1.29 is 14.3 Å². The van der Waals surface area contributed by atoms with E-state index in [9.17, 15) is 9.59 Å². The second-order valence-corrected chi connectivity index (χ2v) is 4.67. The van der Waals surface area contributed by atoms with Gasteiger partial charge in [-0.1, -0.05) is 30.3 Å². The Morgan fingerprint density at radius 1 is 1.10 bits per heavy atom. The van der Waals surface area contributed by atoms with Gasteiger partial charge in [0, 0.05) is 17.1 Å². The summed E-state index contributed by atoms with van der Waals surface area (Å²) in [4.78, 5) is 26.1. The van der Waals surface area contributed by atoms with Gasteiger partial charge in [0.15, 0.2) is 6.29 Å². The number of fused-ring (bicyclic) bond motifs is 1. The van der Waals surface area contributed by atoms with Gasteiger partial charge in [0.1, 0.15) is 5.75 Å². The molecule has 21 heavy (non-hydrogen) atoms. The van der Waals surface area contributed by atoms with E-state index in [0.717, 1.165) is 16.5 Å². The molecule has 104 valence electrons. The van der Waals surface area contributed by atoms with E-state index >= 15 is 0 Å². The van der Waals surface area contributed by atoms with Gasteiger partial charge in [0.25, 0.3) is 0 Å². The molecule has 0 aliphatic carbocycles. The Morgan fingerprint density at radius 3 is 2.71 bits per heavy atom. The van der Waals surface area contributed by atoms with Gasteiger partial charge in [-0.05, 0) is 23.8 Å². The molecule has 4 heteroatoms. The molecule has 1 N–H and O–H groups in total. The van der Waals surface area contributed by atoms with Crippen LogP contribution < -0.4 is 4.74 Å². The Kier molecular flexibility index (Phi) is 3.51. The van der Waals surface area contributed by atoms with Crippen LogP contribution in [0.3, 0.4) is 0 Å². The van der Waals surface area contributed by atoms with Crippen molar-refractivity contribution in [1.82, 2.24) is 4.98 Å². The number of hydrogen-bond donors (Lipinski definition) is 1. The highest BCUT2D eigenvalue weighted by Gasteiger charge is 2.12. The third-order valence-corrected chi connectivity index (χ3v) is 3.28. The number of aromatic nitrogens is 1. The van der Waals surface area contributed by atoms with Crippen LogP contribution in [0.25, 0.3) is 10.9 Å². The number of rotatable bonds is 4. The number of aldehydes is 1. The third-order valence-electron chi connectivity index (χ3n) is 3.28. The van der Waals surface area contributed by atoms with E-state index in [2.05, 4.69) is 4.98 Å². The number of hydrogen-bond acceptors (Lipinski definition) is 3. The van der Waals surface area contributed by atoms with Crippen molar-refractivity contribution in [2.24, 2.45) is 0 Å². The average molecular weight is 279 g/mol. The van der Waals surface area contributed by atoms with Gasteiger partial charge in [0.05, 0.1) is 12.0 Å². The predicted molar refractivity (Wildman–Crippen MR) is 79.5 cm³/mol. The van der Waals surface area contributed by atoms with Gasteiger partial charge in [-0.15, -0.1) is 0 Å². The summed E-state index contributed by atoms with van der Waals surface area (Å²) in [6, 6.07) is 14.4. The lowest BCUT2D eigenvalue weighted by molar-refractivity contribution is -0.133. The molecule has 0 aliphatic rings. The van der Waals surface area contributed by atoms with E-state index in [-0.39, 0.29) is 12.2 Å². The predicted octanol–water partition coefficient (Wildman–Crippen LogP) is 3.13. The van der Waals surface area contributed by atoms with Crippen molar-refractivity contribution in [2.45, 2.75) is 6.42 Å². The summed E-state index contributed by atoms with van der Waals surface area (Å²) >= 11 is 0. The molecule has 0 spiro atoms. The van der Waals surface area contributed by atoms with E-state index in [1.54, 1.807) is 30.5 Å². The Labute approximate surface area is 121 Å². The molecule has 1 heterocycles. The maximum Gasteiger partial charge on any atom is 0.315 e. The normalized spacial score (nSPS) is 10.5. The summed E-state index contributed by atoms with van der Waals surface area (Å²) < 4.78 is 5.27. The highest BCUT2D eigenvalue weighted by Crippen LogP contribution is 2.20. The average Bonchev–Trinajstić information content (AvgIpc) is 2.91. The molecular formula is C17H13NO3. The summed E-state index contributed by atoms with van der Waals surface area (Å²) in [6.45, 7) is 0. The fourth-order valence-electron chi connectivity index (χ4n) is 2.26.